The van der Waals surface area contributed by atoms with Crippen LogP contribution < -0.4 is 0 Å². The van der Waals surface area contributed by atoms with Gasteiger partial charge in [0.15, 0.2) is 5.78 Å². The van der Waals surface area contributed by atoms with Crippen LogP contribution in [0.2, 0.25) is 0 Å². The molecule has 0 radical (unpaired) electrons. The van der Waals surface area contributed by atoms with Gasteiger partial charge in [-0.2, -0.15) is 10.2 Å². The Bertz CT molecular complexity index is 498. The Balaban J connectivity index is 2.07. The predicted octanol–water partition coefficient (Wildman–Crippen LogP) is 1.06. The third kappa shape index (κ3) is 2.18. The maximum absolute atomic E-state index is 11.8. The Morgan fingerprint density at radius 3 is 2.88 bits per heavy atom. The Kier molecular flexibility index (Phi) is 2.85. The van der Waals surface area contributed by atoms with E-state index in [1.807, 2.05) is 13.1 Å². The van der Waals surface area contributed by atoms with Crippen LogP contribution in [0.15, 0.2) is 24.7 Å². The molecular weight excluding hydrogens is 204 g/mol. The molecule has 0 aromatic carbocycles. The van der Waals surface area contributed by atoms with Crippen molar-refractivity contribution in [2.45, 2.75) is 19.9 Å². The van der Waals surface area contributed by atoms with E-state index in [0.717, 1.165) is 12.1 Å². The van der Waals surface area contributed by atoms with Crippen molar-refractivity contribution in [1.82, 2.24) is 19.6 Å². The fraction of sp³-hybridized carbons (Fsp3) is 0.364. The third-order valence-corrected chi connectivity index (χ3v) is 2.37. The largest absolute Gasteiger partial charge is 0.292 e. The van der Waals surface area contributed by atoms with Crippen molar-refractivity contribution in [3.63, 3.8) is 0 Å². The lowest BCUT2D eigenvalue weighted by Crippen LogP contribution is -2.04. The van der Waals surface area contributed by atoms with Crippen LogP contribution in [0.5, 0.6) is 0 Å². The number of carbonyl (C=O) groups is 1. The molecule has 2 aromatic rings. The fourth-order valence-corrected chi connectivity index (χ4v) is 1.51. The highest BCUT2D eigenvalue weighted by atomic mass is 16.1. The first-order valence-corrected chi connectivity index (χ1v) is 5.23. The molecule has 2 heterocycles. The number of hydrogen-bond donors (Lipinski definition) is 0. The monoisotopic (exact) mass is 218 g/mol. The topological polar surface area (TPSA) is 52.7 Å². The van der Waals surface area contributed by atoms with Crippen molar-refractivity contribution in [3.05, 3.63) is 35.9 Å². The SMILES string of the molecule is CCn1cc(CC(=O)c2ccn(C)n2)cn1. The average molecular weight is 218 g/mol. The predicted molar refractivity (Wildman–Crippen MR) is 59.1 cm³/mol. The Hall–Kier alpha value is -1.91. The summed E-state index contributed by atoms with van der Waals surface area (Å²) in [4.78, 5) is 11.8. The second-order valence-corrected chi connectivity index (χ2v) is 3.68. The summed E-state index contributed by atoms with van der Waals surface area (Å²) in [5, 5.41) is 8.20. The van der Waals surface area contributed by atoms with Crippen LogP contribution in [0.3, 0.4) is 0 Å². The summed E-state index contributed by atoms with van der Waals surface area (Å²) < 4.78 is 3.43. The first-order valence-electron chi connectivity index (χ1n) is 5.23. The summed E-state index contributed by atoms with van der Waals surface area (Å²) in [6.45, 7) is 2.83. The molecule has 0 fully saturated rings. The van der Waals surface area contributed by atoms with Crippen LogP contribution in [0.25, 0.3) is 0 Å². The molecular formula is C11H14N4O. The van der Waals surface area contributed by atoms with Gasteiger partial charge in [0.2, 0.25) is 0 Å². The third-order valence-electron chi connectivity index (χ3n) is 2.37. The van der Waals surface area contributed by atoms with Crippen molar-refractivity contribution in [1.29, 1.82) is 0 Å². The highest BCUT2D eigenvalue weighted by molar-refractivity contribution is 5.95. The summed E-state index contributed by atoms with van der Waals surface area (Å²) >= 11 is 0. The van der Waals surface area contributed by atoms with Gasteiger partial charge in [-0.05, 0) is 18.6 Å². The van der Waals surface area contributed by atoms with Crippen LogP contribution in [0.1, 0.15) is 23.0 Å². The normalized spacial score (nSPS) is 10.6. The Morgan fingerprint density at radius 2 is 2.31 bits per heavy atom. The summed E-state index contributed by atoms with van der Waals surface area (Å²) in [5.74, 6) is 0.0243. The van der Waals surface area contributed by atoms with Crippen LogP contribution in [-0.2, 0) is 20.0 Å². The molecule has 0 saturated carbocycles. The van der Waals surface area contributed by atoms with Gasteiger partial charge in [-0.25, -0.2) is 0 Å². The molecule has 0 saturated heterocycles. The van der Waals surface area contributed by atoms with Gasteiger partial charge >= 0.3 is 0 Å². The molecule has 84 valence electrons. The zero-order valence-electron chi connectivity index (χ0n) is 9.42. The lowest BCUT2D eigenvalue weighted by Gasteiger charge is -1.94. The summed E-state index contributed by atoms with van der Waals surface area (Å²) in [6, 6.07) is 1.73. The van der Waals surface area contributed by atoms with Gasteiger partial charge in [0.25, 0.3) is 0 Å². The zero-order valence-corrected chi connectivity index (χ0v) is 9.42. The molecule has 0 N–H and O–H groups in total. The second kappa shape index (κ2) is 4.30. The standard InChI is InChI=1S/C11H14N4O/c1-3-15-8-9(7-12-15)6-11(16)10-4-5-14(2)13-10/h4-5,7-8H,3,6H2,1-2H3. The molecule has 0 amide bonds. The number of aryl methyl sites for hydroxylation is 2. The van der Waals surface area contributed by atoms with E-state index in [4.69, 9.17) is 0 Å². The molecule has 2 aromatic heterocycles. The van der Waals surface area contributed by atoms with Gasteiger partial charge in [0.05, 0.1) is 6.20 Å². The molecule has 16 heavy (non-hydrogen) atoms. The minimum atomic E-state index is 0.0243. The first-order chi connectivity index (χ1) is 7.69. The molecule has 0 aliphatic heterocycles. The summed E-state index contributed by atoms with van der Waals surface area (Å²) in [7, 11) is 1.80. The number of rotatable bonds is 4. The van der Waals surface area contributed by atoms with Gasteiger partial charge in [0, 0.05) is 32.4 Å². The number of ketones is 1. The number of nitrogens with zero attached hydrogens (tertiary/aromatic N) is 4. The summed E-state index contributed by atoms with van der Waals surface area (Å²) in [5.41, 5.74) is 1.43. The minimum Gasteiger partial charge on any atom is -0.292 e. The van der Waals surface area contributed by atoms with E-state index in [2.05, 4.69) is 10.2 Å². The second-order valence-electron chi connectivity index (χ2n) is 3.68. The molecule has 0 aliphatic carbocycles. The van der Waals surface area contributed by atoms with Gasteiger partial charge in [-0.1, -0.05) is 0 Å². The zero-order chi connectivity index (χ0) is 11.5. The average Bonchev–Trinajstić information content (AvgIpc) is 2.87. The van der Waals surface area contributed by atoms with E-state index >= 15 is 0 Å². The van der Waals surface area contributed by atoms with E-state index in [1.165, 1.54) is 0 Å². The lowest BCUT2D eigenvalue weighted by atomic mass is 10.1. The molecule has 0 spiro atoms. The van der Waals surface area contributed by atoms with Gasteiger partial charge in [-0.3, -0.25) is 14.2 Å². The minimum absolute atomic E-state index is 0.0243. The first kappa shape index (κ1) is 10.6. The van der Waals surface area contributed by atoms with Crippen LogP contribution in [0, 0.1) is 0 Å². The van der Waals surface area contributed by atoms with E-state index in [-0.39, 0.29) is 5.78 Å². The maximum atomic E-state index is 11.8. The quantitative estimate of drug-likeness (QED) is 0.721. The van der Waals surface area contributed by atoms with Crippen LogP contribution in [-0.4, -0.2) is 25.3 Å². The maximum Gasteiger partial charge on any atom is 0.187 e. The molecule has 2 rings (SSSR count). The fourth-order valence-electron chi connectivity index (χ4n) is 1.51. The van der Waals surface area contributed by atoms with Crippen molar-refractivity contribution >= 4 is 5.78 Å². The molecule has 0 atom stereocenters. The van der Waals surface area contributed by atoms with Crippen LogP contribution in [0.4, 0.5) is 0 Å². The van der Waals surface area contributed by atoms with E-state index < -0.39 is 0 Å². The van der Waals surface area contributed by atoms with Crippen molar-refractivity contribution in [3.8, 4) is 0 Å². The summed E-state index contributed by atoms with van der Waals surface area (Å²) in [6.07, 6.45) is 5.74. The highest BCUT2D eigenvalue weighted by Gasteiger charge is 2.10. The van der Waals surface area contributed by atoms with E-state index in [0.29, 0.717) is 12.1 Å². The lowest BCUT2D eigenvalue weighted by molar-refractivity contribution is 0.0987. The van der Waals surface area contributed by atoms with Gasteiger partial charge in [0.1, 0.15) is 5.69 Å². The highest BCUT2D eigenvalue weighted by Crippen LogP contribution is 2.05. The van der Waals surface area contributed by atoms with Crippen LogP contribution >= 0.6 is 0 Å². The molecule has 5 heteroatoms. The van der Waals surface area contributed by atoms with Crippen molar-refractivity contribution < 1.29 is 4.79 Å². The molecule has 0 aliphatic rings. The van der Waals surface area contributed by atoms with Crippen molar-refractivity contribution in [2.75, 3.05) is 0 Å². The Morgan fingerprint density at radius 1 is 1.50 bits per heavy atom. The van der Waals surface area contributed by atoms with Gasteiger partial charge < -0.3 is 0 Å². The van der Waals surface area contributed by atoms with E-state index in [9.17, 15) is 4.79 Å². The number of Topliss-reactive ketones (excluding diaryl/α,β-unsaturated/α-hetero) is 1. The van der Waals surface area contributed by atoms with Gasteiger partial charge in [-0.15, -0.1) is 0 Å². The number of hydrogen-bond acceptors (Lipinski definition) is 3. The number of aromatic nitrogens is 4. The van der Waals surface area contributed by atoms with E-state index in [1.54, 1.807) is 34.9 Å². The molecule has 5 nitrogen and oxygen atoms in total. The van der Waals surface area contributed by atoms with Crippen molar-refractivity contribution in [2.24, 2.45) is 7.05 Å². The Labute approximate surface area is 93.7 Å². The molecule has 0 unspecified atom stereocenters. The number of carbonyl (C=O) groups excluding carboxylic acids is 1. The smallest absolute Gasteiger partial charge is 0.187 e. The molecule has 0 bridgehead atoms.